The van der Waals surface area contributed by atoms with Crippen molar-refractivity contribution in [3.8, 4) is 0 Å². The average molecular weight is 243 g/mol. The molecule has 2 aliphatic rings. The average Bonchev–Trinajstić information content (AvgIpc) is 2.65. The predicted octanol–water partition coefficient (Wildman–Crippen LogP) is 3.01. The Morgan fingerprint density at radius 2 is 2.11 bits per heavy atom. The minimum absolute atomic E-state index is 0.0966. The fraction of sp³-hybridized carbons (Fsp3) is 0.562. The lowest BCUT2D eigenvalue weighted by Gasteiger charge is -2.46. The molecule has 2 aliphatic carbocycles. The minimum atomic E-state index is -0.0966. The van der Waals surface area contributed by atoms with Crippen LogP contribution < -0.4 is 5.32 Å². The van der Waals surface area contributed by atoms with E-state index in [0.717, 1.165) is 6.42 Å². The van der Waals surface area contributed by atoms with Crippen LogP contribution in [0.25, 0.3) is 0 Å². The SMILES string of the molecule is CC(=O)N[C@@]12c3ccccc3C[C@@H]1CCC[C@H]2C. The molecule has 2 heteroatoms. The molecule has 96 valence electrons. The first-order valence-electron chi connectivity index (χ1n) is 7.01. The molecule has 18 heavy (non-hydrogen) atoms. The normalized spacial score (nSPS) is 33.7. The van der Waals surface area contributed by atoms with E-state index >= 15 is 0 Å². The Hall–Kier alpha value is -1.31. The molecule has 0 aliphatic heterocycles. The van der Waals surface area contributed by atoms with E-state index in [0.29, 0.717) is 11.8 Å². The first-order valence-corrected chi connectivity index (χ1v) is 7.01. The summed E-state index contributed by atoms with van der Waals surface area (Å²) in [6.07, 6.45) is 4.87. The molecule has 3 rings (SSSR count). The van der Waals surface area contributed by atoms with Crippen molar-refractivity contribution in [2.45, 2.75) is 45.1 Å². The molecule has 1 fully saturated rings. The van der Waals surface area contributed by atoms with Gasteiger partial charge in [-0.05, 0) is 42.2 Å². The summed E-state index contributed by atoms with van der Waals surface area (Å²) in [4.78, 5) is 11.7. The number of hydrogen-bond donors (Lipinski definition) is 1. The van der Waals surface area contributed by atoms with Gasteiger partial charge in [-0.3, -0.25) is 4.79 Å². The summed E-state index contributed by atoms with van der Waals surface area (Å²) in [6, 6.07) is 8.66. The fourth-order valence-electron chi connectivity index (χ4n) is 4.23. The molecule has 1 amide bonds. The number of carbonyl (C=O) groups excluding carboxylic acids is 1. The van der Waals surface area contributed by atoms with Crippen molar-refractivity contribution in [2.24, 2.45) is 11.8 Å². The maximum atomic E-state index is 11.7. The Morgan fingerprint density at radius 3 is 2.89 bits per heavy atom. The summed E-state index contributed by atoms with van der Waals surface area (Å²) in [5, 5.41) is 3.32. The highest BCUT2D eigenvalue weighted by molar-refractivity contribution is 5.74. The van der Waals surface area contributed by atoms with E-state index in [2.05, 4.69) is 36.5 Å². The van der Waals surface area contributed by atoms with Gasteiger partial charge in [-0.25, -0.2) is 0 Å². The van der Waals surface area contributed by atoms with Gasteiger partial charge in [-0.15, -0.1) is 0 Å². The molecule has 1 saturated carbocycles. The summed E-state index contributed by atoms with van der Waals surface area (Å²) in [5.74, 6) is 1.22. The third-order valence-corrected chi connectivity index (χ3v) is 4.92. The van der Waals surface area contributed by atoms with Crippen LogP contribution in [-0.2, 0) is 16.8 Å². The van der Waals surface area contributed by atoms with Crippen LogP contribution in [0, 0.1) is 11.8 Å². The Bertz CT molecular complexity index is 482. The molecule has 0 radical (unpaired) electrons. The van der Waals surface area contributed by atoms with Crippen molar-refractivity contribution in [3.63, 3.8) is 0 Å². The zero-order valence-electron chi connectivity index (χ0n) is 11.2. The summed E-state index contributed by atoms with van der Waals surface area (Å²) >= 11 is 0. The van der Waals surface area contributed by atoms with Crippen LogP contribution in [0.3, 0.4) is 0 Å². The van der Waals surface area contributed by atoms with Gasteiger partial charge in [0.1, 0.15) is 0 Å². The van der Waals surface area contributed by atoms with Crippen LogP contribution in [0.5, 0.6) is 0 Å². The third kappa shape index (κ3) is 1.51. The molecule has 0 aromatic heterocycles. The van der Waals surface area contributed by atoms with Gasteiger partial charge >= 0.3 is 0 Å². The second-order valence-electron chi connectivity index (χ2n) is 5.94. The van der Waals surface area contributed by atoms with Gasteiger partial charge in [-0.1, -0.05) is 37.6 Å². The van der Waals surface area contributed by atoms with Gasteiger partial charge in [-0.2, -0.15) is 0 Å². The van der Waals surface area contributed by atoms with Crippen LogP contribution in [0.15, 0.2) is 24.3 Å². The molecular weight excluding hydrogens is 222 g/mol. The number of nitrogens with one attached hydrogen (secondary N) is 1. The molecule has 0 unspecified atom stereocenters. The molecule has 1 N–H and O–H groups in total. The van der Waals surface area contributed by atoms with E-state index in [4.69, 9.17) is 0 Å². The lowest BCUT2D eigenvalue weighted by Crippen LogP contribution is -2.54. The van der Waals surface area contributed by atoms with Gasteiger partial charge < -0.3 is 5.32 Å². The van der Waals surface area contributed by atoms with Crippen LogP contribution in [0.2, 0.25) is 0 Å². The topological polar surface area (TPSA) is 29.1 Å². The van der Waals surface area contributed by atoms with E-state index in [-0.39, 0.29) is 11.4 Å². The Labute approximate surface area is 109 Å². The molecule has 0 heterocycles. The van der Waals surface area contributed by atoms with E-state index in [1.54, 1.807) is 6.92 Å². The number of amides is 1. The molecule has 1 aromatic rings. The van der Waals surface area contributed by atoms with Gasteiger partial charge in [0.15, 0.2) is 0 Å². The number of carbonyl (C=O) groups is 1. The largest absolute Gasteiger partial charge is 0.346 e. The Morgan fingerprint density at radius 1 is 1.33 bits per heavy atom. The summed E-state index contributed by atoms with van der Waals surface area (Å²) in [6.45, 7) is 3.94. The standard InChI is InChI=1S/C16H21NO/c1-11-6-5-8-14-10-13-7-3-4-9-15(13)16(11,14)17-12(2)18/h3-4,7,9,11,14H,5-6,8,10H2,1-2H3,(H,17,18)/t11-,14+,16-/m1/s1. The summed E-state index contributed by atoms with van der Waals surface area (Å²) in [5.41, 5.74) is 2.71. The number of rotatable bonds is 1. The third-order valence-electron chi connectivity index (χ3n) is 4.92. The lowest BCUT2D eigenvalue weighted by atomic mass is 9.66. The van der Waals surface area contributed by atoms with Crippen LogP contribution >= 0.6 is 0 Å². The molecule has 2 nitrogen and oxygen atoms in total. The van der Waals surface area contributed by atoms with E-state index in [1.807, 2.05) is 0 Å². The van der Waals surface area contributed by atoms with E-state index in [9.17, 15) is 4.79 Å². The van der Waals surface area contributed by atoms with E-state index in [1.165, 1.54) is 30.4 Å². The molecule has 0 saturated heterocycles. The predicted molar refractivity (Wildman–Crippen MR) is 72.1 cm³/mol. The van der Waals surface area contributed by atoms with Crippen molar-refractivity contribution in [1.29, 1.82) is 0 Å². The quantitative estimate of drug-likeness (QED) is 0.807. The lowest BCUT2D eigenvalue weighted by molar-refractivity contribution is -0.123. The van der Waals surface area contributed by atoms with Gasteiger partial charge in [0, 0.05) is 6.92 Å². The second kappa shape index (κ2) is 4.11. The highest BCUT2D eigenvalue weighted by atomic mass is 16.1. The minimum Gasteiger partial charge on any atom is -0.346 e. The van der Waals surface area contributed by atoms with Crippen molar-refractivity contribution < 1.29 is 4.79 Å². The molecule has 0 bridgehead atoms. The van der Waals surface area contributed by atoms with Gasteiger partial charge in [0.05, 0.1) is 5.54 Å². The molecular formula is C16H21NO. The van der Waals surface area contributed by atoms with Crippen LogP contribution in [0.1, 0.15) is 44.2 Å². The van der Waals surface area contributed by atoms with Crippen LogP contribution in [-0.4, -0.2) is 5.91 Å². The van der Waals surface area contributed by atoms with Crippen molar-refractivity contribution in [1.82, 2.24) is 5.32 Å². The smallest absolute Gasteiger partial charge is 0.217 e. The highest BCUT2D eigenvalue weighted by Gasteiger charge is 2.52. The molecule has 3 atom stereocenters. The van der Waals surface area contributed by atoms with Crippen molar-refractivity contribution in [3.05, 3.63) is 35.4 Å². The number of fused-ring (bicyclic) bond motifs is 3. The zero-order chi connectivity index (χ0) is 12.8. The molecule has 0 spiro atoms. The fourth-order valence-corrected chi connectivity index (χ4v) is 4.23. The van der Waals surface area contributed by atoms with E-state index < -0.39 is 0 Å². The maximum absolute atomic E-state index is 11.7. The number of hydrogen-bond acceptors (Lipinski definition) is 1. The maximum Gasteiger partial charge on any atom is 0.217 e. The zero-order valence-corrected chi connectivity index (χ0v) is 11.2. The molecule has 1 aromatic carbocycles. The van der Waals surface area contributed by atoms with Gasteiger partial charge in [0.2, 0.25) is 5.91 Å². The van der Waals surface area contributed by atoms with Crippen molar-refractivity contribution in [2.75, 3.05) is 0 Å². The summed E-state index contributed by atoms with van der Waals surface area (Å²) in [7, 11) is 0. The number of benzene rings is 1. The van der Waals surface area contributed by atoms with Gasteiger partial charge in [0.25, 0.3) is 0 Å². The highest BCUT2D eigenvalue weighted by Crippen LogP contribution is 2.52. The Kier molecular flexibility index (Phi) is 2.69. The first kappa shape index (κ1) is 11.8. The summed E-state index contributed by atoms with van der Waals surface area (Å²) < 4.78 is 0. The van der Waals surface area contributed by atoms with Crippen LogP contribution in [0.4, 0.5) is 0 Å². The first-order chi connectivity index (χ1) is 8.64. The van der Waals surface area contributed by atoms with Crippen molar-refractivity contribution >= 4 is 5.91 Å². The monoisotopic (exact) mass is 243 g/mol. The Balaban J connectivity index is 2.13. The second-order valence-corrected chi connectivity index (χ2v) is 5.94.